The summed E-state index contributed by atoms with van der Waals surface area (Å²) in [5, 5.41) is 19.1. The van der Waals surface area contributed by atoms with Crippen molar-refractivity contribution in [3.63, 3.8) is 0 Å². The fourth-order valence-electron chi connectivity index (χ4n) is 2.12. The zero-order valence-corrected chi connectivity index (χ0v) is 15.2. The minimum absolute atomic E-state index is 0.0463. The number of nitrogens with zero attached hydrogens (tertiary/aromatic N) is 4. The zero-order valence-electron chi connectivity index (χ0n) is 13.6. The van der Waals surface area contributed by atoms with Gasteiger partial charge in [0.05, 0.1) is 16.3 Å². The number of halogens is 1. The maximum atomic E-state index is 13.4. The van der Waals surface area contributed by atoms with Gasteiger partial charge in [-0.2, -0.15) is 4.68 Å². The van der Waals surface area contributed by atoms with E-state index in [4.69, 9.17) is 5.14 Å². The lowest BCUT2D eigenvalue weighted by Gasteiger charge is -2.07. The van der Waals surface area contributed by atoms with E-state index in [2.05, 4.69) is 20.8 Å². The summed E-state index contributed by atoms with van der Waals surface area (Å²) in [5.41, 5.74) is 0.709. The number of carbonyl (C=O) groups excluding carboxylic acids is 1. The number of nitrogens with two attached hydrogens (primary N) is 1. The predicted octanol–water partition coefficient (Wildman–Crippen LogP) is 1.18. The number of hydrogen-bond acceptors (Lipinski definition) is 7. The van der Waals surface area contributed by atoms with Crippen LogP contribution in [0.4, 0.5) is 10.1 Å². The highest BCUT2D eigenvalue weighted by atomic mass is 32.2. The van der Waals surface area contributed by atoms with Gasteiger partial charge >= 0.3 is 0 Å². The lowest BCUT2D eigenvalue weighted by molar-refractivity contribution is -0.113. The van der Waals surface area contributed by atoms with Crippen molar-refractivity contribution in [2.75, 3.05) is 11.1 Å². The van der Waals surface area contributed by atoms with E-state index in [1.165, 1.54) is 47.1 Å². The molecule has 3 N–H and O–H groups in total. The maximum Gasteiger partial charge on any atom is 0.238 e. The Labute approximate surface area is 157 Å². The molecule has 9 nitrogen and oxygen atoms in total. The van der Waals surface area contributed by atoms with E-state index in [9.17, 15) is 17.6 Å². The molecule has 0 atom stereocenters. The Morgan fingerprint density at radius 2 is 2.00 bits per heavy atom. The molecule has 3 aromatic rings. The third kappa shape index (κ3) is 4.87. The first-order chi connectivity index (χ1) is 12.8. The Kier molecular flexibility index (Phi) is 5.48. The first-order valence-corrected chi connectivity index (χ1v) is 9.96. The number of primary sulfonamides is 1. The van der Waals surface area contributed by atoms with E-state index in [-0.39, 0.29) is 16.3 Å². The number of rotatable bonds is 6. The molecule has 1 amide bonds. The molecule has 0 unspecified atom stereocenters. The summed E-state index contributed by atoms with van der Waals surface area (Å²) < 4.78 is 37.4. The SMILES string of the molecule is NS(=O)(=O)c1cccc(NC(=O)CSc2nnnn2-c2cccc(F)c2)c1. The molecular weight excluding hydrogens is 395 g/mol. The van der Waals surface area contributed by atoms with Crippen molar-refractivity contribution in [1.82, 2.24) is 20.2 Å². The summed E-state index contributed by atoms with van der Waals surface area (Å²) in [6, 6.07) is 11.3. The van der Waals surface area contributed by atoms with Crippen molar-refractivity contribution in [3.05, 3.63) is 54.3 Å². The molecule has 0 aliphatic carbocycles. The molecule has 1 heterocycles. The Morgan fingerprint density at radius 3 is 2.74 bits per heavy atom. The van der Waals surface area contributed by atoms with Crippen LogP contribution in [0.1, 0.15) is 0 Å². The molecule has 3 rings (SSSR count). The van der Waals surface area contributed by atoms with Crippen molar-refractivity contribution in [2.24, 2.45) is 5.14 Å². The van der Waals surface area contributed by atoms with Gasteiger partial charge in [0, 0.05) is 5.69 Å². The van der Waals surface area contributed by atoms with Gasteiger partial charge in [-0.15, -0.1) is 5.10 Å². The average molecular weight is 408 g/mol. The molecule has 0 bridgehead atoms. The molecule has 0 fully saturated rings. The molecule has 27 heavy (non-hydrogen) atoms. The number of anilines is 1. The lowest BCUT2D eigenvalue weighted by Crippen LogP contribution is -2.16. The number of benzene rings is 2. The van der Waals surface area contributed by atoms with E-state index in [1.54, 1.807) is 6.07 Å². The van der Waals surface area contributed by atoms with Crippen LogP contribution in [-0.2, 0) is 14.8 Å². The predicted molar refractivity (Wildman–Crippen MR) is 96.3 cm³/mol. The van der Waals surface area contributed by atoms with Crippen LogP contribution in [0.2, 0.25) is 0 Å². The van der Waals surface area contributed by atoms with E-state index in [0.29, 0.717) is 10.8 Å². The first kappa shape index (κ1) is 18.9. The van der Waals surface area contributed by atoms with Gasteiger partial charge in [0.1, 0.15) is 5.82 Å². The smallest absolute Gasteiger partial charge is 0.238 e. The summed E-state index contributed by atoms with van der Waals surface area (Å²) in [6.45, 7) is 0. The van der Waals surface area contributed by atoms with Crippen LogP contribution in [0.3, 0.4) is 0 Å². The number of aromatic nitrogens is 4. The Bertz CT molecular complexity index is 1090. The van der Waals surface area contributed by atoms with E-state index in [1.807, 2.05) is 0 Å². The van der Waals surface area contributed by atoms with E-state index in [0.717, 1.165) is 11.8 Å². The van der Waals surface area contributed by atoms with Crippen molar-refractivity contribution in [1.29, 1.82) is 0 Å². The fourth-order valence-corrected chi connectivity index (χ4v) is 3.37. The van der Waals surface area contributed by atoms with Crippen molar-refractivity contribution in [3.8, 4) is 5.69 Å². The number of sulfonamides is 1. The average Bonchev–Trinajstić information content (AvgIpc) is 3.08. The van der Waals surface area contributed by atoms with Gasteiger partial charge in [-0.25, -0.2) is 17.9 Å². The topological polar surface area (TPSA) is 133 Å². The molecule has 0 aliphatic rings. The normalized spacial score (nSPS) is 11.3. The highest BCUT2D eigenvalue weighted by Crippen LogP contribution is 2.20. The monoisotopic (exact) mass is 408 g/mol. The second-order valence-electron chi connectivity index (χ2n) is 5.26. The third-order valence-electron chi connectivity index (χ3n) is 3.27. The number of amides is 1. The van der Waals surface area contributed by atoms with Crippen LogP contribution in [0.25, 0.3) is 5.69 Å². The molecule has 140 valence electrons. The molecule has 12 heteroatoms. The van der Waals surface area contributed by atoms with Gasteiger partial charge in [-0.3, -0.25) is 4.79 Å². The summed E-state index contributed by atoms with van der Waals surface area (Å²) in [4.78, 5) is 12.0. The van der Waals surface area contributed by atoms with E-state index >= 15 is 0 Å². The molecular formula is C15H13FN6O3S2. The molecule has 0 spiro atoms. The Hall–Kier alpha value is -2.83. The van der Waals surface area contributed by atoms with Crippen molar-refractivity contribution in [2.45, 2.75) is 10.1 Å². The van der Waals surface area contributed by atoms with Crippen LogP contribution < -0.4 is 10.5 Å². The standard InChI is InChI=1S/C15H13FN6O3S2/c16-10-3-1-5-12(7-10)22-15(19-20-21-22)26-9-14(23)18-11-4-2-6-13(8-11)27(17,24)25/h1-8H,9H2,(H,18,23)(H2,17,24,25). The zero-order chi connectivity index (χ0) is 19.4. The Morgan fingerprint density at radius 1 is 1.22 bits per heavy atom. The van der Waals surface area contributed by atoms with Crippen LogP contribution >= 0.6 is 11.8 Å². The maximum absolute atomic E-state index is 13.4. The highest BCUT2D eigenvalue weighted by Gasteiger charge is 2.13. The summed E-state index contributed by atoms with van der Waals surface area (Å²) in [7, 11) is -3.87. The quantitative estimate of drug-likeness (QED) is 0.585. The van der Waals surface area contributed by atoms with Gasteiger partial charge in [0.2, 0.25) is 21.1 Å². The third-order valence-corrected chi connectivity index (χ3v) is 5.10. The number of hydrogen-bond donors (Lipinski definition) is 2. The lowest BCUT2D eigenvalue weighted by atomic mass is 10.3. The summed E-state index contributed by atoms with van der Waals surface area (Å²) in [5.74, 6) is -0.887. The van der Waals surface area contributed by atoms with Crippen LogP contribution in [0, 0.1) is 5.82 Å². The molecule has 2 aromatic carbocycles. The Balaban J connectivity index is 1.67. The summed E-state index contributed by atoms with van der Waals surface area (Å²) >= 11 is 1.04. The second kappa shape index (κ2) is 7.82. The summed E-state index contributed by atoms with van der Waals surface area (Å²) in [6.07, 6.45) is 0. The van der Waals surface area contributed by atoms with Gasteiger partial charge in [0.25, 0.3) is 0 Å². The fraction of sp³-hybridized carbons (Fsp3) is 0.0667. The van der Waals surface area contributed by atoms with Crippen molar-refractivity contribution < 1.29 is 17.6 Å². The largest absolute Gasteiger partial charge is 0.325 e. The molecule has 0 radical (unpaired) electrons. The number of carbonyl (C=O) groups is 1. The molecule has 0 aliphatic heterocycles. The highest BCUT2D eigenvalue weighted by molar-refractivity contribution is 7.99. The molecule has 0 saturated heterocycles. The minimum Gasteiger partial charge on any atom is -0.325 e. The van der Waals surface area contributed by atoms with Crippen LogP contribution in [-0.4, -0.2) is 40.3 Å². The van der Waals surface area contributed by atoms with E-state index < -0.39 is 21.7 Å². The van der Waals surface area contributed by atoms with Gasteiger partial charge in [0.15, 0.2) is 0 Å². The molecule has 0 saturated carbocycles. The van der Waals surface area contributed by atoms with Gasteiger partial charge in [-0.05, 0) is 46.8 Å². The minimum atomic E-state index is -3.87. The van der Waals surface area contributed by atoms with Crippen molar-refractivity contribution >= 4 is 33.4 Å². The van der Waals surface area contributed by atoms with Crippen LogP contribution in [0.5, 0.6) is 0 Å². The molecule has 1 aromatic heterocycles. The number of nitrogens with one attached hydrogen (secondary N) is 1. The number of tetrazole rings is 1. The van der Waals surface area contributed by atoms with Gasteiger partial charge < -0.3 is 5.32 Å². The van der Waals surface area contributed by atoms with Crippen LogP contribution in [0.15, 0.2) is 58.6 Å². The number of thioether (sulfide) groups is 1. The first-order valence-electron chi connectivity index (χ1n) is 7.43. The second-order valence-corrected chi connectivity index (χ2v) is 7.77. The van der Waals surface area contributed by atoms with Gasteiger partial charge in [-0.1, -0.05) is 23.9 Å².